The van der Waals surface area contributed by atoms with Crippen LogP contribution in [0.2, 0.25) is 5.02 Å². The van der Waals surface area contributed by atoms with Gasteiger partial charge in [-0.05, 0) is 60.7 Å². The van der Waals surface area contributed by atoms with Gasteiger partial charge in [-0.2, -0.15) is 0 Å². The lowest BCUT2D eigenvalue weighted by Crippen LogP contribution is -2.26. The normalized spacial score (nSPS) is 11.1. The first-order valence-corrected chi connectivity index (χ1v) is 11.9. The first-order valence-electron chi connectivity index (χ1n) is 10.0. The van der Waals surface area contributed by atoms with E-state index in [4.69, 9.17) is 16.3 Å². The van der Waals surface area contributed by atoms with Crippen LogP contribution in [0.1, 0.15) is 0 Å². The molecule has 2 heterocycles. The maximum absolute atomic E-state index is 12.8. The Kier molecular flexibility index (Phi) is 6.80. The Balaban J connectivity index is 1.32. The average molecular weight is 498 g/mol. The van der Waals surface area contributed by atoms with Crippen LogP contribution in [0.3, 0.4) is 0 Å². The maximum Gasteiger partial charge on any atom is 0.264 e. The zero-order valence-corrected chi connectivity index (χ0v) is 19.6. The minimum Gasteiger partial charge on any atom is -0.484 e. The number of hydrogen-bond donors (Lipinski definition) is 1. The number of nitrogens with zero attached hydrogens (tertiary/aromatic N) is 4. The van der Waals surface area contributed by atoms with E-state index in [1.54, 1.807) is 65.9 Å². The van der Waals surface area contributed by atoms with Gasteiger partial charge in [0.2, 0.25) is 0 Å². The van der Waals surface area contributed by atoms with E-state index in [1.165, 1.54) is 31.3 Å². The third-order valence-electron chi connectivity index (χ3n) is 4.84. The summed E-state index contributed by atoms with van der Waals surface area (Å²) in [5, 5.41) is 3.16. The Hall–Kier alpha value is -3.89. The van der Waals surface area contributed by atoms with E-state index in [-0.39, 0.29) is 17.4 Å². The molecule has 4 rings (SSSR count). The summed E-state index contributed by atoms with van der Waals surface area (Å²) >= 11 is 5.84. The number of sulfonamides is 1. The number of pyridine rings is 1. The fraction of sp³-hybridized carbons (Fsp3) is 0.0870. The van der Waals surface area contributed by atoms with E-state index in [9.17, 15) is 13.2 Å². The molecule has 4 aromatic rings. The highest BCUT2D eigenvalue weighted by molar-refractivity contribution is 7.92. The molecule has 1 N–H and O–H groups in total. The molecule has 0 aliphatic heterocycles. The van der Waals surface area contributed by atoms with Crippen molar-refractivity contribution < 1.29 is 17.9 Å². The zero-order valence-electron chi connectivity index (χ0n) is 18.0. The largest absolute Gasteiger partial charge is 0.484 e. The number of ether oxygens (including phenoxy) is 1. The molecule has 0 radical (unpaired) electrons. The van der Waals surface area contributed by atoms with Gasteiger partial charge in [-0.1, -0.05) is 11.6 Å². The van der Waals surface area contributed by atoms with Gasteiger partial charge in [0.25, 0.3) is 15.9 Å². The smallest absolute Gasteiger partial charge is 0.264 e. The van der Waals surface area contributed by atoms with Crippen molar-refractivity contribution in [2.75, 3.05) is 23.3 Å². The summed E-state index contributed by atoms with van der Waals surface area (Å²) < 4.78 is 34.0. The third-order valence-corrected chi connectivity index (χ3v) is 6.89. The molecule has 0 unspecified atom stereocenters. The SMILES string of the molecule is CN(c1ccc(OCC(=O)Nc2ccc(-n3ccnc3)nc2)cc1)S(=O)(=O)c1ccc(Cl)cc1. The highest BCUT2D eigenvalue weighted by Crippen LogP contribution is 2.25. The van der Waals surface area contributed by atoms with E-state index >= 15 is 0 Å². The van der Waals surface area contributed by atoms with Gasteiger partial charge in [-0.15, -0.1) is 0 Å². The number of benzene rings is 2. The topological polar surface area (TPSA) is 106 Å². The number of halogens is 1. The molecule has 9 nitrogen and oxygen atoms in total. The van der Waals surface area contributed by atoms with E-state index in [0.717, 1.165) is 4.31 Å². The molecule has 34 heavy (non-hydrogen) atoms. The number of amides is 1. The third kappa shape index (κ3) is 5.36. The van der Waals surface area contributed by atoms with E-state index in [0.29, 0.717) is 28.0 Å². The van der Waals surface area contributed by atoms with Crippen molar-refractivity contribution in [2.45, 2.75) is 4.90 Å². The molecule has 174 valence electrons. The molecule has 2 aromatic heterocycles. The molecule has 0 atom stereocenters. The molecule has 2 aromatic carbocycles. The molecule has 0 aliphatic rings. The lowest BCUT2D eigenvalue weighted by molar-refractivity contribution is -0.118. The minimum atomic E-state index is -3.74. The molecular weight excluding hydrogens is 478 g/mol. The van der Waals surface area contributed by atoms with E-state index < -0.39 is 10.0 Å². The van der Waals surface area contributed by atoms with Crippen LogP contribution in [-0.4, -0.2) is 42.5 Å². The summed E-state index contributed by atoms with van der Waals surface area (Å²) in [5.74, 6) is 0.739. The fourth-order valence-electron chi connectivity index (χ4n) is 3.01. The predicted molar refractivity (Wildman–Crippen MR) is 129 cm³/mol. The highest BCUT2D eigenvalue weighted by Gasteiger charge is 2.21. The van der Waals surface area contributed by atoms with Crippen LogP contribution in [0.25, 0.3) is 5.82 Å². The van der Waals surface area contributed by atoms with E-state index in [2.05, 4.69) is 15.3 Å². The van der Waals surface area contributed by atoms with Gasteiger partial charge in [0.1, 0.15) is 17.9 Å². The van der Waals surface area contributed by atoms with Gasteiger partial charge in [-0.3, -0.25) is 13.7 Å². The predicted octanol–water partition coefficient (Wildman–Crippen LogP) is 3.76. The van der Waals surface area contributed by atoms with Crippen LogP contribution in [-0.2, 0) is 14.8 Å². The Morgan fingerprint density at radius 1 is 1.09 bits per heavy atom. The molecule has 0 bridgehead atoms. The van der Waals surface area contributed by atoms with Crippen LogP contribution in [0.5, 0.6) is 5.75 Å². The van der Waals surface area contributed by atoms with Crippen LogP contribution < -0.4 is 14.4 Å². The quantitative estimate of drug-likeness (QED) is 0.397. The van der Waals surface area contributed by atoms with Crippen molar-refractivity contribution in [3.05, 3.63) is 90.6 Å². The van der Waals surface area contributed by atoms with Gasteiger partial charge in [0.15, 0.2) is 6.61 Å². The molecule has 0 saturated carbocycles. The number of aromatic nitrogens is 3. The van der Waals surface area contributed by atoms with Gasteiger partial charge in [-0.25, -0.2) is 18.4 Å². The first kappa shape index (κ1) is 23.3. The Labute approximate surface area is 201 Å². The van der Waals surface area contributed by atoms with Crippen molar-refractivity contribution in [3.8, 4) is 11.6 Å². The van der Waals surface area contributed by atoms with Crippen LogP contribution in [0, 0.1) is 0 Å². The Morgan fingerprint density at radius 2 is 1.82 bits per heavy atom. The highest BCUT2D eigenvalue weighted by atomic mass is 35.5. The molecule has 0 saturated heterocycles. The summed E-state index contributed by atoms with van der Waals surface area (Å²) in [6.45, 7) is -0.221. The molecule has 0 aliphatic carbocycles. The fourth-order valence-corrected chi connectivity index (χ4v) is 4.33. The molecule has 0 fully saturated rings. The zero-order chi connectivity index (χ0) is 24.1. The number of rotatable bonds is 8. The minimum absolute atomic E-state index is 0.129. The number of imidazole rings is 1. The maximum atomic E-state index is 12.8. The van der Waals surface area contributed by atoms with E-state index in [1.807, 2.05) is 0 Å². The van der Waals surface area contributed by atoms with Gasteiger partial charge >= 0.3 is 0 Å². The van der Waals surface area contributed by atoms with Crippen LogP contribution in [0.4, 0.5) is 11.4 Å². The van der Waals surface area contributed by atoms with Crippen molar-refractivity contribution >= 4 is 38.9 Å². The summed E-state index contributed by atoms with van der Waals surface area (Å²) in [4.78, 5) is 20.6. The van der Waals surface area contributed by atoms with Gasteiger partial charge < -0.3 is 10.1 Å². The lowest BCUT2D eigenvalue weighted by Gasteiger charge is -2.20. The Morgan fingerprint density at radius 3 is 2.44 bits per heavy atom. The van der Waals surface area contributed by atoms with Crippen molar-refractivity contribution in [1.29, 1.82) is 0 Å². The molecule has 11 heteroatoms. The van der Waals surface area contributed by atoms with Crippen molar-refractivity contribution in [3.63, 3.8) is 0 Å². The first-order chi connectivity index (χ1) is 16.3. The lowest BCUT2D eigenvalue weighted by atomic mass is 10.3. The van der Waals surface area contributed by atoms with Crippen LogP contribution >= 0.6 is 11.6 Å². The second-order valence-electron chi connectivity index (χ2n) is 7.13. The summed E-state index contributed by atoms with van der Waals surface area (Å²) in [5.41, 5.74) is 0.970. The number of carbonyl (C=O) groups excluding carboxylic acids is 1. The second kappa shape index (κ2) is 9.94. The molecule has 1 amide bonds. The number of carbonyl (C=O) groups is 1. The van der Waals surface area contributed by atoms with Gasteiger partial charge in [0, 0.05) is 24.5 Å². The van der Waals surface area contributed by atoms with Crippen molar-refractivity contribution in [2.24, 2.45) is 0 Å². The van der Waals surface area contributed by atoms with Gasteiger partial charge in [0.05, 0.1) is 22.5 Å². The monoisotopic (exact) mass is 497 g/mol. The summed E-state index contributed by atoms with van der Waals surface area (Å²) in [6.07, 6.45) is 6.59. The molecule has 0 spiro atoms. The average Bonchev–Trinajstić information content (AvgIpc) is 3.38. The number of nitrogens with one attached hydrogen (secondary N) is 1. The van der Waals surface area contributed by atoms with Crippen LogP contribution in [0.15, 0.2) is 90.5 Å². The summed E-state index contributed by atoms with van der Waals surface area (Å²) in [6, 6.07) is 15.8. The standard InChI is InChI=1S/C23H20ClN5O4S/c1-28(34(31,32)21-9-2-17(24)3-10-21)19-5-7-20(8-6-19)33-15-23(30)27-18-4-11-22(26-14-18)29-13-12-25-16-29/h2-14,16H,15H2,1H3,(H,27,30). The number of anilines is 2. The second-order valence-corrected chi connectivity index (χ2v) is 9.54. The Bertz CT molecular complexity index is 1360. The summed E-state index contributed by atoms with van der Waals surface area (Å²) in [7, 11) is -2.28. The molecular formula is C23H20ClN5O4S. The van der Waals surface area contributed by atoms with Crippen molar-refractivity contribution in [1.82, 2.24) is 14.5 Å². The number of hydrogen-bond acceptors (Lipinski definition) is 6.